The van der Waals surface area contributed by atoms with Gasteiger partial charge in [0.05, 0.1) is 6.61 Å². The van der Waals surface area contributed by atoms with E-state index in [2.05, 4.69) is 5.48 Å². The number of nitrogens with one attached hydrogen (secondary N) is 1. The van der Waals surface area contributed by atoms with E-state index in [1.807, 2.05) is 13.8 Å². The summed E-state index contributed by atoms with van der Waals surface area (Å²) in [6, 6.07) is 0.0117. The molecule has 1 amide bonds. The summed E-state index contributed by atoms with van der Waals surface area (Å²) < 4.78 is 0. The normalized spacial score (nSPS) is 18.3. The van der Waals surface area contributed by atoms with Crippen LogP contribution in [-0.2, 0) is 9.63 Å². The first-order valence-corrected chi connectivity index (χ1v) is 5.25. The monoisotopic (exact) mass is 200 g/mol. The van der Waals surface area contributed by atoms with Gasteiger partial charge in [0.25, 0.3) is 0 Å². The maximum atomic E-state index is 11.3. The third-order valence-electron chi connectivity index (χ3n) is 2.25. The number of rotatable bonds is 6. The molecule has 0 radical (unpaired) electrons. The van der Waals surface area contributed by atoms with Crippen LogP contribution >= 0.6 is 0 Å². The van der Waals surface area contributed by atoms with E-state index in [4.69, 9.17) is 10.6 Å². The van der Waals surface area contributed by atoms with Crippen LogP contribution < -0.4 is 11.2 Å². The second-order valence-electron chi connectivity index (χ2n) is 4.44. The number of amides is 1. The van der Waals surface area contributed by atoms with E-state index < -0.39 is 0 Å². The molecule has 4 heteroatoms. The van der Waals surface area contributed by atoms with Crippen molar-refractivity contribution in [1.29, 1.82) is 0 Å². The summed E-state index contributed by atoms with van der Waals surface area (Å²) in [6.45, 7) is 4.61. The molecule has 0 heterocycles. The van der Waals surface area contributed by atoms with Crippen molar-refractivity contribution in [3.05, 3.63) is 0 Å². The highest BCUT2D eigenvalue weighted by molar-refractivity contribution is 5.75. The maximum Gasteiger partial charge on any atom is 0.245 e. The van der Waals surface area contributed by atoms with Crippen LogP contribution in [0.5, 0.6) is 0 Å². The summed E-state index contributed by atoms with van der Waals surface area (Å²) in [4.78, 5) is 16.3. The fourth-order valence-electron chi connectivity index (χ4n) is 1.24. The van der Waals surface area contributed by atoms with Crippen LogP contribution in [0.1, 0.15) is 33.1 Å². The number of hydroxylamine groups is 1. The molecule has 1 unspecified atom stereocenters. The molecule has 4 nitrogen and oxygen atoms in total. The number of hydrogen-bond acceptors (Lipinski definition) is 3. The lowest BCUT2D eigenvalue weighted by molar-refractivity contribution is -0.134. The molecule has 1 aliphatic rings. The molecule has 0 aromatic rings. The van der Waals surface area contributed by atoms with Gasteiger partial charge in [-0.05, 0) is 24.7 Å². The SMILES string of the molecule is CC(C)CONC(=O)CC(N)C1CC1. The molecule has 1 saturated carbocycles. The third-order valence-corrected chi connectivity index (χ3v) is 2.25. The highest BCUT2D eigenvalue weighted by Gasteiger charge is 2.29. The molecule has 0 bridgehead atoms. The Morgan fingerprint density at radius 3 is 2.71 bits per heavy atom. The molecular formula is C10H20N2O2. The van der Waals surface area contributed by atoms with Gasteiger partial charge in [-0.1, -0.05) is 13.8 Å². The Kier molecular flexibility index (Phi) is 4.35. The van der Waals surface area contributed by atoms with Crippen molar-refractivity contribution >= 4 is 5.91 Å². The van der Waals surface area contributed by atoms with Gasteiger partial charge in [0.15, 0.2) is 0 Å². The van der Waals surface area contributed by atoms with Crippen molar-refractivity contribution in [2.45, 2.75) is 39.2 Å². The highest BCUT2D eigenvalue weighted by atomic mass is 16.6. The first-order chi connectivity index (χ1) is 6.59. The van der Waals surface area contributed by atoms with Crippen molar-refractivity contribution in [3.8, 4) is 0 Å². The Balaban J connectivity index is 2.03. The van der Waals surface area contributed by atoms with Crippen molar-refractivity contribution in [1.82, 2.24) is 5.48 Å². The van der Waals surface area contributed by atoms with Crippen LogP contribution in [0.3, 0.4) is 0 Å². The fourth-order valence-corrected chi connectivity index (χ4v) is 1.24. The summed E-state index contributed by atoms with van der Waals surface area (Å²) in [7, 11) is 0. The maximum absolute atomic E-state index is 11.3. The smallest absolute Gasteiger partial charge is 0.245 e. The van der Waals surface area contributed by atoms with Gasteiger partial charge in [0.2, 0.25) is 5.91 Å². The molecule has 82 valence electrons. The number of carbonyl (C=O) groups excluding carboxylic acids is 1. The van der Waals surface area contributed by atoms with Crippen LogP contribution in [0.4, 0.5) is 0 Å². The second-order valence-corrected chi connectivity index (χ2v) is 4.44. The van der Waals surface area contributed by atoms with Crippen LogP contribution in [-0.4, -0.2) is 18.6 Å². The standard InChI is InChI=1S/C10H20N2O2/c1-7(2)6-14-12-10(13)5-9(11)8-3-4-8/h7-9H,3-6,11H2,1-2H3,(H,12,13). The van der Waals surface area contributed by atoms with Gasteiger partial charge in [0.1, 0.15) is 0 Å². The van der Waals surface area contributed by atoms with Crippen molar-refractivity contribution in [3.63, 3.8) is 0 Å². The molecule has 0 aromatic carbocycles. The molecule has 14 heavy (non-hydrogen) atoms. The van der Waals surface area contributed by atoms with Gasteiger partial charge >= 0.3 is 0 Å². The second kappa shape index (κ2) is 5.32. The van der Waals surface area contributed by atoms with E-state index in [1.54, 1.807) is 0 Å². The molecular weight excluding hydrogens is 180 g/mol. The first kappa shape index (κ1) is 11.5. The van der Waals surface area contributed by atoms with Crippen LogP contribution in [0.25, 0.3) is 0 Å². The van der Waals surface area contributed by atoms with Gasteiger partial charge in [-0.25, -0.2) is 5.48 Å². The number of carbonyl (C=O) groups is 1. The van der Waals surface area contributed by atoms with E-state index in [0.29, 0.717) is 24.9 Å². The lowest BCUT2D eigenvalue weighted by atomic mass is 10.1. The molecule has 1 aliphatic carbocycles. The third kappa shape index (κ3) is 4.58. The van der Waals surface area contributed by atoms with E-state index in [1.165, 1.54) is 12.8 Å². The van der Waals surface area contributed by atoms with Crippen LogP contribution in [0.15, 0.2) is 0 Å². The predicted octanol–water partition coefficient (Wildman–Crippen LogP) is 0.818. The molecule has 3 N–H and O–H groups in total. The van der Waals surface area contributed by atoms with E-state index in [0.717, 1.165) is 0 Å². The average Bonchev–Trinajstić information content (AvgIpc) is 2.84. The topological polar surface area (TPSA) is 64.3 Å². The lowest BCUT2D eigenvalue weighted by Gasteiger charge is -2.11. The van der Waals surface area contributed by atoms with E-state index in [9.17, 15) is 4.79 Å². The van der Waals surface area contributed by atoms with Gasteiger partial charge in [0, 0.05) is 12.5 Å². The van der Waals surface area contributed by atoms with E-state index >= 15 is 0 Å². The van der Waals surface area contributed by atoms with Gasteiger partial charge in [-0.2, -0.15) is 0 Å². The van der Waals surface area contributed by atoms with Crippen LogP contribution in [0.2, 0.25) is 0 Å². The Labute approximate surface area is 85.1 Å². The van der Waals surface area contributed by atoms with E-state index in [-0.39, 0.29) is 11.9 Å². The van der Waals surface area contributed by atoms with Crippen molar-refractivity contribution in [2.24, 2.45) is 17.6 Å². The summed E-state index contributed by atoms with van der Waals surface area (Å²) in [5, 5.41) is 0. The number of hydrogen-bond donors (Lipinski definition) is 2. The largest absolute Gasteiger partial charge is 0.327 e. The minimum Gasteiger partial charge on any atom is -0.327 e. The molecule has 0 aromatic heterocycles. The average molecular weight is 200 g/mol. The zero-order valence-electron chi connectivity index (χ0n) is 8.95. The fraction of sp³-hybridized carbons (Fsp3) is 0.900. The molecule has 1 rings (SSSR count). The Hall–Kier alpha value is -0.610. The van der Waals surface area contributed by atoms with Crippen LogP contribution in [0, 0.1) is 11.8 Å². The molecule has 1 fully saturated rings. The predicted molar refractivity (Wildman–Crippen MR) is 54.2 cm³/mol. The Bertz CT molecular complexity index is 191. The zero-order valence-corrected chi connectivity index (χ0v) is 8.95. The zero-order chi connectivity index (χ0) is 10.6. The number of nitrogens with two attached hydrogens (primary N) is 1. The Morgan fingerprint density at radius 2 is 2.21 bits per heavy atom. The quantitative estimate of drug-likeness (QED) is 0.624. The highest BCUT2D eigenvalue weighted by Crippen LogP contribution is 2.32. The summed E-state index contributed by atoms with van der Waals surface area (Å²) in [5.74, 6) is 0.878. The van der Waals surface area contributed by atoms with Crippen molar-refractivity contribution in [2.75, 3.05) is 6.61 Å². The molecule has 1 atom stereocenters. The molecule has 0 spiro atoms. The minimum absolute atomic E-state index is 0.0117. The summed E-state index contributed by atoms with van der Waals surface area (Å²) in [5.41, 5.74) is 8.20. The van der Waals surface area contributed by atoms with Gasteiger partial charge in [-0.15, -0.1) is 0 Å². The van der Waals surface area contributed by atoms with Gasteiger partial charge < -0.3 is 5.73 Å². The Morgan fingerprint density at radius 1 is 1.57 bits per heavy atom. The van der Waals surface area contributed by atoms with Gasteiger partial charge in [-0.3, -0.25) is 9.63 Å². The molecule has 0 saturated heterocycles. The summed E-state index contributed by atoms with van der Waals surface area (Å²) >= 11 is 0. The lowest BCUT2D eigenvalue weighted by Crippen LogP contribution is -2.33. The summed E-state index contributed by atoms with van der Waals surface area (Å²) in [6.07, 6.45) is 2.71. The minimum atomic E-state index is -0.106. The molecule has 0 aliphatic heterocycles. The van der Waals surface area contributed by atoms with Crippen molar-refractivity contribution < 1.29 is 9.63 Å². The first-order valence-electron chi connectivity index (χ1n) is 5.25.